The predicted molar refractivity (Wildman–Crippen MR) is 79.0 cm³/mol. The molecule has 2 aromatic rings. The van der Waals surface area contributed by atoms with Crippen molar-refractivity contribution < 1.29 is 18.3 Å². The molecule has 1 aromatic carbocycles. The van der Waals surface area contributed by atoms with E-state index in [-0.39, 0.29) is 24.8 Å². The van der Waals surface area contributed by atoms with Gasteiger partial charge in [0.1, 0.15) is 5.76 Å². The Labute approximate surface area is 128 Å². The van der Waals surface area contributed by atoms with Crippen LogP contribution in [0.5, 0.6) is 5.75 Å². The van der Waals surface area contributed by atoms with Crippen LogP contribution in [0.1, 0.15) is 30.2 Å². The number of ether oxygens (including phenoxy) is 1. The summed E-state index contributed by atoms with van der Waals surface area (Å²) < 4.78 is 23.9. The lowest BCUT2D eigenvalue weighted by molar-refractivity contribution is -0.121. The largest absolute Gasteiger partial charge is 0.491 e. The average molecular weight is 306 g/mol. The second-order valence-corrected chi connectivity index (χ2v) is 4.91. The number of benzene rings is 1. The SMILES string of the molecule is Cc1nc(CNC(=O)CCCOc2ccccc2F)oc1C. The number of amides is 1. The lowest BCUT2D eigenvalue weighted by Crippen LogP contribution is -2.23. The molecule has 0 saturated carbocycles. The summed E-state index contributed by atoms with van der Waals surface area (Å²) in [6.45, 7) is 4.23. The topological polar surface area (TPSA) is 64.4 Å². The second-order valence-electron chi connectivity index (χ2n) is 4.91. The van der Waals surface area contributed by atoms with Gasteiger partial charge in [0.15, 0.2) is 11.6 Å². The Morgan fingerprint density at radius 3 is 2.82 bits per heavy atom. The summed E-state index contributed by atoms with van der Waals surface area (Å²) in [5.74, 6) is 0.925. The van der Waals surface area contributed by atoms with Gasteiger partial charge in [0.25, 0.3) is 0 Å². The van der Waals surface area contributed by atoms with E-state index < -0.39 is 5.82 Å². The summed E-state index contributed by atoms with van der Waals surface area (Å²) in [6, 6.07) is 6.19. The molecule has 0 aliphatic carbocycles. The average Bonchev–Trinajstić information content (AvgIpc) is 2.82. The monoisotopic (exact) mass is 306 g/mol. The fourth-order valence-corrected chi connectivity index (χ4v) is 1.85. The van der Waals surface area contributed by atoms with Gasteiger partial charge in [-0.3, -0.25) is 4.79 Å². The minimum absolute atomic E-state index is 0.120. The number of halogens is 1. The number of para-hydroxylation sites is 1. The van der Waals surface area contributed by atoms with Gasteiger partial charge in [-0.1, -0.05) is 12.1 Å². The first-order chi connectivity index (χ1) is 10.6. The highest BCUT2D eigenvalue weighted by molar-refractivity contribution is 5.75. The fraction of sp³-hybridized carbons (Fsp3) is 0.375. The first-order valence-electron chi connectivity index (χ1n) is 7.13. The molecule has 0 unspecified atom stereocenters. The number of aryl methyl sites for hydroxylation is 2. The third-order valence-corrected chi connectivity index (χ3v) is 3.15. The molecule has 2 rings (SSSR count). The summed E-state index contributed by atoms with van der Waals surface area (Å²) in [5.41, 5.74) is 0.822. The minimum Gasteiger partial charge on any atom is -0.491 e. The van der Waals surface area contributed by atoms with Crippen molar-refractivity contribution in [3.8, 4) is 5.75 Å². The van der Waals surface area contributed by atoms with E-state index in [1.54, 1.807) is 18.2 Å². The van der Waals surface area contributed by atoms with E-state index >= 15 is 0 Å². The highest BCUT2D eigenvalue weighted by Crippen LogP contribution is 2.15. The first-order valence-corrected chi connectivity index (χ1v) is 7.13. The third kappa shape index (κ3) is 4.58. The summed E-state index contributed by atoms with van der Waals surface area (Å²) >= 11 is 0. The number of hydrogen-bond acceptors (Lipinski definition) is 4. The zero-order valence-electron chi connectivity index (χ0n) is 12.7. The van der Waals surface area contributed by atoms with Gasteiger partial charge in [-0.25, -0.2) is 9.37 Å². The van der Waals surface area contributed by atoms with Crippen LogP contribution in [-0.2, 0) is 11.3 Å². The molecule has 1 heterocycles. The van der Waals surface area contributed by atoms with Crippen LogP contribution in [0, 0.1) is 19.7 Å². The van der Waals surface area contributed by atoms with Crippen LogP contribution < -0.4 is 10.1 Å². The number of aromatic nitrogens is 1. The van der Waals surface area contributed by atoms with Gasteiger partial charge < -0.3 is 14.5 Å². The number of nitrogens with one attached hydrogen (secondary N) is 1. The maximum Gasteiger partial charge on any atom is 0.220 e. The Balaban J connectivity index is 1.65. The summed E-state index contributed by atoms with van der Waals surface area (Å²) in [4.78, 5) is 15.9. The zero-order valence-corrected chi connectivity index (χ0v) is 12.7. The highest BCUT2D eigenvalue weighted by atomic mass is 19.1. The van der Waals surface area contributed by atoms with Crippen LogP contribution in [-0.4, -0.2) is 17.5 Å². The molecular weight excluding hydrogens is 287 g/mol. The molecule has 0 radical (unpaired) electrons. The third-order valence-electron chi connectivity index (χ3n) is 3.15. The van der Waals surface area contributed by atoms with Gasteiger partial charge in [0, 0.05) is 6.42 Å². The van der Waals surface area contributed by atoms with Crippen molar-refractivity contribution in [2.45, 2.75) is 33.2 Å². The number of oxazole rings is 1. The van der Waals surface area contributed by atoms with Gasteiger partial charge >= 0.3 is 0 Å². The van der Waals surface area contributed by atoms with E-state index in [0.29, 0.717) is 18.7 Å². The van der Waals surface area contributed by atoms with Gasteiger partial charge in [-0.2, -0.15) is 0 Å². The Kier molecular flexibility index (Phi) is 5.52. The molecule has 0 atom stereocenters. The van der Waals surface area contributed by atoms with E-state index in [0.717, 1.165) is 11.5 Å². The number of carbonyl (C=O) groups excluding carboxylic acids is 1. The van der Waals surface area contributed by atoms with Crippen LogP contribution in [0.3, 0.4) is 0 Å². The summed E-state index contributed by atoms with van der Waals surface area (Å²) in [5, 5.41) is 2.72. The van der Waals surface area contributed by atoms with Crippen molar-refractivity contribution in [1.82, 2.24) is 10.3 Å². The molecule has 0 aliphatic rings. The molecule has 6 heteroatoms. The van der Waals surface area contributed by atoms with Crippen LogP contribution in [0.4, 0.5) is 4.39 Å². The standard InChI is InChI=1S/C16H19FN2O3/c1-11-12(2)22-16(19-11)10-18-15(20)8-5-9-21-14-7-4-3-6-13(14)17/h3-4,6-7H,5,8-10H2,1-2H3,(H,18,20). The number of nitrogens with zero attached hydrogens (tertiary/aromatic N) is 1. The molecule has 0 bridgehead atoms. The van der Waals surface area contributed by atoms with E-state index in [2.05, 4.69) is 10.3 Å². The van der Waals surface area contributed by atoms with E-state index in [1.165, 1.54) is 6.07 Å². The first kappa shape index (κ1) is 16.0. The highest BCUT2D eigenvalue weighted by Gasteiger charge is 2.08. The van der Waals surface area contributed by atoms with Gasteiger partial charge in [-0.15, -0.1) is 0 Å². The number of carbonyl (C=O) groups is 1. The van der Waals surface area contributed by atoms with Gasteiger partial charge in [0.2, 0.25) is 11.8 Å². The molecule has 1 aromatic heterocycles. The zero-order chi connectivity index (χ0) is 15.9. The molecule has 22 heavy (non-hydrogen) atoms. The lowest BCUT2D eigenvalue weighted by atomic mass is 10.3. The van der Waals surface area contributed by atoms with Crippen LogP contribution in [0.25, 0.3) is 0 Å². The normalized spacial score (nSPS) is 10.5. The quantitative estimate of drug-likeness (QED) is 0.799. The second kappa shape index (κ2) is 7.59. The Bertz CT molecular complexity index is 621. The summed E-state index contributed by atoms with van der Waals surface area (Å²) in [7, 11) is 0. The van der Waals surface area contributed by atoms with Crippen LogP contribution in [0.15, 0.2) is 28.7 Å². The van der Waals surface area contributed by atoms with E-state index in [1.807, 2.05) is 13.8 Å². The van der Waals surface area contributed by atoms with Crippen LogP contribution >= 0.6 is 0 Å². The molecule has 0 fully saturated rings. The molecule has 5 nitrogen and oxygen atoms in total. The molecule has 1 N–H and O–H groups in total. The molecule has 1 amide bonds. The lowest BCUT2D eigenvalue weighted by Gasteiger charge is -2.07. The smallest absolute Gasteiger partial charge is 0.220 e. The molecule has 118 valence electrons. The molecular formula is C16H19FN2O3. The molecule has 0 aliphatic heterocycles. The van der Waals surface area contributed by atoms with Crippen LogP contribution in [0.2, 0.25) is 0 Å². The van der Waals surface area contributed by atoms with Crippen molar-refractivity contribution in [2.24, 2.45) is 0 Å². The van der Waals surface area contributed by atoms with E-state index in [4.69, 9.17) is 9.15 Å². The van der Waals surface area contributed by atoms with Gasteiger partial charge in [-0.05, 0) is 32.4 Å². The molecule has 0 saturated heterocycles. The Morgan fingerprint density at radius 2 is 2.14 bits per heavy atom. The summed E-state index contributed by atoms with van der Waals surface area (Å²) in [6.07, 6.45) is 0.803. The van der Waals surface area contributed by atoms with Gasteiger partial charge in [0.05, 0.1) is 18.8 Å². The Hall–Kier alpha value is -2.37. The number of rotatable bonds is 7. The Morgan fingerprint density at radius 1 is 1.36 bits per heavy atom. The van der Waals surface area contributed by atoms with Crippen molar-refractivity contribution in [3.05, 3.63) is 47.4 Å². The van der Waals surface area contributed by atoms with Crippen molar-refractivity contribution in [2.75, 3.05) is 6.61 Å². The molecule has 0 spiro atoms. The van der Waals surface area contributed by atoms with Crippen molar-refractivity contribution >= 4 is 5.91 Å². The minimum atomic E-state index is -0.401. The van der Waals surface area contributed by atoms with Crippen molar-refractivity contribution in [3.63, 3.8) is 0 Å². The maximum atomic E-state index is 13.3. The maximum absolute atomic E-state index is 13.3. The number of hydrogen-bond donors (Lipinski definition) is 1. The van der Waals surface area contributed by atoms with E-state index in [9.17, 15) is 9.18 Å². The van der Waals surface area contributed by atoms with Crippen molar-refractivity contribution in [1.29, 1.82) is 0 Å². The predicted octanol–water partition coefficient (Wildman–Crippen LogP) is 2.91. The fourth-order valence-electron chi connectivity index (χ4n) is 1.85.